The van der Waals surface area contributed by atoms with Crippen LogP contribution < -0.4 is 5.32 Å². The van der Waals surface area contributed by atoms with Gasteiger partial charge in [-0.25, -0.2) is 9.50 Å². The molecule has 1 amide bonds. The highest BCUT2D eigenvalue weighted by atomic mass is 32.1. The molecule has 0 saturated carbocycles. The smallest absolute Gasteiger partial charge is 0.254 e. The first kappa shape index (κ1) is 13.8. The first-order valence-electron chi connectivity index (χ1n) is 7.01. The maximum Gasteiger partial charge on any atom is 0.254 e. The minimum Gasteiger partial charge on any atom is -0.348 e. The fourth-order valence-electron chi connectivity index (χ4n) is 2.43. The van der Waals surface area contributed by atoms with E-state index >= 15 is 0 Å². The van der Waals surface area contributed by atoms with Gasteiger partial charge >= 0.3 is 0 Å². The van der Waals surface area contributed by atoms with Crippen LogP contribution in [0.1, 0.15) is 21.6 Å². The van der Waals surface area contributed by atoms with Crippen molar-refractivity contribution >= 4 is 34.3 Å². The van der Waals surface area contributed by atoms with E-state index in [2.05, 4.69) is 24.1 Å². The van der Waals surface area contributed by atoms with Gasteiger partial charge in [-0.05, 0) is 24.6 Å². The number of amides is 1. The number of aromatic nitrogens is 5. The summed E-state index contributed by atoms with van der Waals surface area (Å²) in [6.07, 6.45) is 3.24. The van der Waals surface area contributed by atoms with Crippen LogP contribution in [0.15, 0.2) is 36.7 Å². The van der Waals surface area contributed by atoms with Gasteiger partial charge in [-0.15, -0.1) is 0 Å². The van der Waals surface area contributed by atoms with E-state index in [0.29, 0.717) is 12.1 Å². The van der Waals surface area contributed by atoms with Crippen LogP contribution in [0.25, 0.3) is 16.7 Å². The summed E-state index contributed by atoms with van der Waals surface area (Å²) in [5.74, 6) is -0.177. The third-order valence-electron chi connectivity index (χ3n) is 3.67. The predicted octanol–water partition coefficient (Wildman–Crippen LogP) is 1.97. The Balaban J connectivity index is 1.55. The molecule has 4 aromatic rings. The standard InChI is InChI=1S/C15H12N6OS/c1-9-11(8-16-14-4-5-18-21(9)14)15(22)17-7-10-2-3-12-13(6-10)20-23-19-12/h2-6,8H,7H2,1H3,(H,17,22). The molecule has 1 aromatic carbocycles. The summed E-state index contributed by atoms with van der Waals surface area (Å²) in [4.78, 5) is 16.6. The molecule has 0 aliphatic carbocycles. The molecule has 4 rings (SSSR count). The molecule has 3 heterocycles. The van der Waals surface area contributed by atoms with Gasteiger partial charge in [0.25, 0.3) is 5.91 Å². The Morgan fingerprint density at radius 1 is 1.26 bits per heavy atom. The Kier molecular flexibility index (Phi) is 3.23. The number of benzene rings is 1. The second-order valence-electron chi connectivity index (χ2n) is 5.13. The second-order valence-corrected chi connectivity index (χ2v) is 5.66. The first-order chi connectivity index (χ1) is 11.2. The molecular formula is C15H12N6OS. The predicted molar refractivity (Wildman–Crippen MR) is 86.3 cm³/mol. The lowest BCUT2D eigenvalue weighted by atomic mass is 10.2. The zero-order chi connectivity index (χ0) is 15.8. The van der Waals surface area contributed by atoms with Crippen LogP contribution in [0.4, 0.5) is 0 Å². The van der Waals surface area contributed by atoms with Crippen molar-refractivity contribution in [1.82, 2.24) is 28.7 Å². The van der Waals surface area contributed by atoms with Gasteiger partial charge in [0, 0.05) is 18.8 Å². The third kappa shape index (κ3) is 2.42. The Bertz CT molecular complexity index is 1020. The third-order valence-corrected chi connectivity index (χ3v) is 4.23. The molecule has 0 aliphatic rings. The summed E-state index contributed by atoms with van der Waals surface area (Å²) in [7, 11) is 0. The SMILES string of the molecule is Cc1c(C(=O)NCc2ccc3nsnc3c2)cnc2ccnn12. The van der Waals surface area contributed by atoms with Crippen LogP contribution in [0.5, 0.6) is 0 Å². The normalized spacial score (nSPS) is 11.2. The maximum atomic E-state index is 12.4. The van der Waals surface area contributed by atoms with Crippen molar-refractivity contribution in [2.75, 3.05) is 0 Å². The zero-order valence-corrected chi connectivity index (χ0v) is 13.0. The highest BCUT2D eigenvalue weighted by molar-refractivity contribution is 7.00. The van der Waals surface area contributed by atoms with Gasteiger partial charge in [0.1, 0.15) is 11.0 Å². The Labute approximate surface area is 135 Å². The summed E-state index contributed by atoms with van der Waals surface area (Å²) in [5, 5.41) is 7.07. The molecule has 0 bridgehead atoms. The Morgan fingerprint density at radius 2 is 2.13 bits per heavy atom. The summed E-state index contributed by atoms with van der Waals surface area (Å²) < 4.78 is 10.0. The Hall–Kier alpha value is -2.87. The second kappa shape index (κ2) is 5.40. The number of hydrogen-bond acceptors (Lipinski definition) is 6. The van der Waals surface area contributed by atoms with Gasteiger partial charge in [0.2, 0.25) is 0 Å². The topological polar surface area (TPSA) is 85.1 Å². The lowest BCUT2D eigenvalue weighted by Crippen LogP contribution is -2.24. The average molecular weight is 324 g/mol. The maximum absolute atomic E-state index is 12.4. The number of aryl methyl sites for hydroxylation is 1. The van der Waals surface area contributed by atoms with Crippen LogP contribution in [0, 0.1) is 6.92 Å². The van der Waals surface area contributed by atoms with Crippen LogP contribution in [-0.4, -0.2) is 29.3 Å². The lowest BCUT2D eigenvalue weighted by molar-refractivity contribution is 0.0949. The summed E-state index contributed by atoms with van der Waals surface area (Å²) >= 11 is 1.18. The molecule has 114 valence electrons. The van der Waals surface area contributed by atoms with E-state index in [1.165, 1.54) is 11.7 Å². The molecular weight excluding hydrogens is 312 g/mol. The number of hydrogen-bond donors (Lipinski definition) is 1. The minimum atomic E-state index is -0.177. The van der Waals surface area contributed by atoms with Gasteiger partial charge in [-0.2, -0.15) is 13.8 Å². The molecule has 8 heteroatoms. The number of carbonyl (C=O) groups is 1. The van der Waals surface area contributed by atoms with E-state index in [9.17, 15) is 4.79 Å². The summed E-state index contributed by atoms with van der Waals surface area (Å²) in [6.45, 7) is 2.27. The van der Waals surface area contributed by atoms with Crippen molar-refractivity contribution < 1.29 is 4.79 Å². The van der Waals surface area contributed by atoms with E-state index in [0.717, 1.165) is 27.9 Å². The van der Waals surface area contributed by atoms with E-state index in [1.807, 2.05) is 25.1 Å². The molecule has 0 aliphatic heterocycles. The van der Waals surface area contributed by atoms with Gasteiger partial charge in [-0.3, -0.25) is 4.79 Å². The first-order valence-corrected chi connectivity index (χ1v) is 7.74. The van der Waals surface area contributed by atoms with Crippen LogP contribution in [-0.2, 0) is 6.54 Å². The molecule has 7 nitrogen and oxygen atoms in total. The number of nitrogens with zero attached hydrogens (tertiary/aromatic N) is 5. The molecule has 0 radical (unpaired) electrons. The lowest BCUT2D eigenvalue weighted by Gasteiger charge is -2.08. The van der Waals surface area contributed by atoms with Gasteiger partial charge in [-0.1, -0.05) is 6.07 Å². The quantitative estimate of drug-likeness (QED) is 0.623. The van der Waals surface area contributed by atoms with Crippen molar-refractivity contribution in [3.8, 4) is 0 Å². The Morgan fingerprint density at radius 3 is 3.04 bits per heavy atom. The zero-order valence-electron chi connectivity index (χ0n) is 12.2. The van der Waals surface area contributed by atoms with Gasteiger partial charge in [0.15, 0.2) is 5.65 Å². The van der Waals surface area contributed by atoms with Crippen LogP contribution in [0.2, 0.25) is 0 Å². The van der Waals surface area contributed by atoms with Crippen molar-refractivity contribution in [2.45, 2.75) is 13.5 Å². The number of nitrogens with one attached hydrogen (secondary N) is 1. The van der Waals surface area contributed by atoms with Crippen molar-refractivity contribution in [2.24, 2.45) is 0 Å². The summed E-state index contributed by atoms with van der Waals surface area (Å²) in [6, 6.07) is 7.57. The van der Waals surface area contributed by atoms with Gasteiger partial charge < -0.3 is 5.32 Å². The summed E-state index contributed by atoms with van der Waals surface area (Å²) in [5.41, 5.74) is 4.69. The number of fused-ring (bicyclic) bond motifs is 2. The molecule has 0 fully saturated rings. The molecule has 0 unspecified atom stereocenters. The number of carbonyl (C=O) groups excluding carboxylic acids is 1. The van der Waals surface area contributed by atoms with Crippen LogP contribution in [0.3, 0.4) is 0 Å². The monoisotopic (exact) mass is 324 g/mol. The van der Waals surface area contributed by atoms with Crippen molar-refractivity contribution in [3.63, 3.8) is 0 Å². The van der Waals surface area contributed by atoms with E-state index in [-0.39, 0.29) is 5.91 Å². The molecule has 0 atom stereocenters. The molecule has 1 N–H and O–H groups in total. The molecule has 3 aromatic heterocycles. The fourth-order valence-corrected chi connectivity index (χ4v) is 2.95. The van der Waals surface area contributed by atoms with Crippen molar-refractivity contribution in [3.05, 3.63) is 53.5 Å². The molecule has 23 heavy (non-hydrogen) atoms. The highest BCUT2D eigenvalue weighted by Crippen LogP contribution is 2.14. The fraction of sp³-hybridized carbons (Fsp3) is 0.133. The molecule has 0 saturated heterocycles. The average Bonchev–Trinajstić information content (AvgIpc) is 3.21. The van der Waals surface area contributed by atoms with E-state index in [1.54, 1.807) is 23.0 Å². The largest absolute Gasteiger partial charge is 0.348 e. The van der Waals surface area contributed by atoms with E-state index in [4.69, 9.17) is 0 Å². The van der Waals surface area contributed by atoms with Gasteiger partial charge in [0.05, 0.1) is 29.2 Å². The van der Waals surface area contributed by atoms with Crippen LogP contribution >= 0.6 is 11.7 Å². The number of rotatable bonds is 3. The minimum absolute atomic E-state index is 0.177. The molecule has 0 spiro atoms. The highest BCUT2D eigenvalue weighted by Gasteiger charge is 2.13. The van der Waals surface area contributed by atoms with Crippen molar-refractivity contribution in [1.29, 1.82) is 0 Å². The van der Waals surface area contributed by atoms with E-state index < -0.39 is 0 Å².